The molecular formula is C14H14N4. The number of nitriles is 1. The third-order valence-electron chi connectivity index (χ3n) is 2.78. The lowest BCUT2D eigenvalue weighted by Gasteiger charge is -2.19. The van der Waals surface area contributed by atoms with Gasteiger partial charge in [0, 0.05) is 37.9 Å². The van der Waals surface area contributed by atoms with Crippen molar-refractivity contribution in [1.29, 1.82) is 5.26 Å². The fourth-order valence-corrected chi connectivity index (χ4v) is 1.69. The molecule has 0 aliphatic heterocycles. The van der Waals surface area contributed by atoms with Gasteiger partial charge in [0.1, 0.15) is 11.8 Å². The number of rotatable bonds is 4. The summed E-state index contributed by atoms with van der Waals surface area (Å²) >= 11 is 0. The maximum absolute atomic E-state index is 8.81. The van der Waals surface area contributed by atoms with Crippen LogP contribution in [0.15, 0.2) is 42.9 Å². The van der Waals surface area contributed by atoms with Gasteiger partial charge >= 0.3 is 0 Å². The summed E-state index contributed by atoms with van der Waals surface area (Å²) in [4.78, 5) is 10.1. The summed E-state index contributed by atoms with van der Waals surface area (Å²) in [7, 11) is 2.01. The Bertz CT molecular complexity index is 545. The van der Waals surface area contributed by atoms with Crippen molar-refractivity contribution in [1.82, 2.24) is 9.97 Å². The second-order valence-corrected chi connectivity index (χ2v) is 4.04. The molecule has 0 aromatic carbocycles. The Kier molecular flexibility index (Phi) is 3.87. The summed E-state index contributed by atoms with van der Waals surface area (Å²) in [5, 5.41) is 8.81. The molecule has 18 heavy (non-hydrogen) atoms. The number of pyridine rings is 2. The Morgan fingerprint density at radius 2 is 2.00 bits per heavy atom. The van der Waals surface area contributed by atoms with E-state index in [0.29, 0.717) is 5.69 Å². The van der Waals surface area contributed by atoms with E-state index in [1.165, 1.54) is 5.56 Å². The first-order valence-electron chi connectivity index (χ1n) is 5.76. The van der Waals surface area contributed by atoms with Gasteiger partial charge < -0.3 is 4.90 Å². The van der Waals surface area contributed by atoms with E-state index < -0.39 is 0 Å². The van der Waals surface area contributed by atoms with Crippen molar-refractivity contribution in [3.05, 3.63) is 54.1 Å². The molecule has 2 aromatic rings. The van der Waals surface area contributed by atoms with Crippen LogP contribution in [0.1, 0.15) is 11.3 Å². The first-order chi connectivity index (χ1) is 8.79. The molecule has 4 heteroatoms. The zero-order valence-electron chi connectivity index (χ0n) is 10.2. The second kappa shape index (κ2) is 5.78. The standard InChI is InChI=1S/C14H14N4/c1-18(9-5-12-2-6-16-7-3-12)14-4-8-17-13(10-14)11-15/h2-4,6-8,10H,5,9H2,1H3. The molecule has 0 saturated heterocycles. The molecule has 2 aromatic heterocycles. The van der Waals surface area contributed by atoms with Crippen molar-refractivity contribution in [2.75, 3.05) is 18.5 Å². The fourth-order valence-electron chi connectivity index (χ4n) is 1.69. The van der Waals surface area contributed by atoms with Crippen LogP contribution in [0.4, 0.5) is 5.69 Å². The Morgan fingerprint density at radius 1 is 1.22 bits per heavy atom. The van der Waals surface area contributed by atoms with Gasteiger partial charge in [0.2, 0.25) is 0 Å². The lowest BCUT2D eigenvalue weighted by Crippen LogP contribution is -2.20. The summed E-state index contributed by atoms with van der Waals surface area (Å²) in [6.07, 6.45) is 6.21. The van der Waals surface area contributed by atoms with Crippen molar-refractivity contribution in [2.45, 2.75) is 6.42 Å². The van der Waals surface area contributed by atoms with Gasteiger partial charge in [0.25, 0.3) is 0 Å². The van der Waals surface area contributed by atoms with E-state index in [2.05, 4.69) is 14.9 Å². The van der Waals surface area contributed by atoms with Crippen LogP contribution in [0.5, 0.6) is 0 Å². The zero-order valence-corrected chi connectivity index (χ0v) is 10.2. The molecule has 0 bridgehead atoms. The minimum Gasteiger partial charge on any atom is -0.374 e. The average molecular weight is 238 g/mol. The normalized spacial score (nSPS) is 9.78. The maximum Gasteiger partial charge on any atom is 0.142 e. The Hall–Kier alpha value is -2.41. The molecule has 0 unspecified atom stereocenters. The molecule has 0 spiro atoms. The van der Waals surface area contributed by atoms with Crippen LogP contribution >= 0.6 is 0 Å². The number of likely N-dealkylation sites (N-methyl/N-ethyl adjacent to an activating group) is 1. The van der Waals surface area contributed by atoms with E-state index in [0.717, 1.165) is 18.7 Å². The van der Waals surface area contributed by atoms with Crippen molar-refractivity contribution in [3.8, 4) is 6.07 Å². The van der Waals surface area contributed by atoms with E-state index in [-0.39, 0.29) is 0 Å². The predicted octanol–water partition coefficient (Wildman–Crippen LogP) is 2.03. The fraction of sp³-hybridized carbons (Fsp3) is 0.214. The van der Waals surface area contributed by atoms with Gasteiger partial charge in [-0.15, -0.1) is 0 Å². The van der Waals surface area contributed by atoms with E-state index >= 15 is 0 Å². The third-order valence-corrected chi connectivity index (χ3v) is 2.78. The zero-order chi connectivity index (χ0) is 12.8. The van der Waals surface area contributed by atoms with Gasteiger partial charge in [-0.1, -0.05) is 0 Å². The molecule has 0 atom stereocenters. The minimum absolute atomic E-state index is 0.447. The molecule has 4 nitrogen and oxygen atoms in total. The van der Waals surface area contributed by atoms with Crippen LogP contribution in [0.25, 0.3) is 0 Å². The van der Waals surface area contributed by atoms with Crippen LogP contribution in [0, 0.1) is 11.3 Å². The van der Waals surface area contributed by atoms with Crippen molar-refractivity contribution < 1.29 is 0 Å². The molecule has 0 N–H and O–H groups in total. The lowest BCUT2D eigenvalue weighted by molar-refractivity contribution is 0.873. The Labute approximate surface area is 107 Å². The number of nitrogens with zero attached hydrogens (tertiary/aromatic N) is 4. The maximum atomic E-state index is 8.81. The lowest BCUT2D eigenvalue weighted by atomic mass is 10.2. The van der Waals surface area contributed by atoms with Gasteiger partial charge in [-0.2, -0.15) is 5.26 Å². The van der Waals surface area contributed by atoms with Crippen LogP contribution in [0.3, 0.4) is 0 Å². The van der Waals surface area contributed by atoms with Crippen LogP contribution < -0.4 is 4.90 Å². The van der Waals surface area contributed by atoms with Crippen molar-refractivity contribution >= 4 is 5.69 Å². The monoisotopic (exact) mass is 238 g/mol. The number of aromatic nitrogens is 2. The molecule has 2 heterocycles. The van der Waals surface area contributed by atoms with E-state index in [4.69, 9.17) is 5.26 Å². The highest BCUT2D eigenvalue weighted by Gasteiger charge is 2.03. The second-order valence-electron chi connectivity index (χ2n) is 4.04. The van der Waals surface area contributed by atoms with Gasteiger partial charge in [0.15, 0.2) is 0 Å². The molecule has 2 rings (SSSR count). The first kappa shape index (κ1) is 12.1. The summed E-state index contributed by atoms with van der Waals surface area (Å²) in [5.41, 5.74) is 2.71. The molecule has 0 saturated carbocycles. The molecule has 90 valence electrons. The average Bonchev–Trinajstić information content (AvgIpc) is 2.46. The van der Waals surface area contributed by atoms with Gasteiger partial charge in [-0.3, -0.25) is 4.98 Å². The molecule has 0 fully saturated rings. The molecule has 0 amide bonds. The Balaban J connectivity index is 1.99. The number of anilines is 1. The van der Waals surface area contributed by atoms with Crippen molar-refractivity contribution in [2.24, 2.45) is 0 Å². The molecule has 0 aliphatic rings. The molecule has 0 aliphatic carbocycles. The van der Waals surface area contributed by atoms with Crippen LogP contribution in [-0.4, -0.2) is 23.6 Å². The van der Waals surface area contributed by atoms with E-state index in [9.17, 15) is 0 Å². The minimum atomic E-state index is 0.447. The van der Waals surface area contributed by atoms with E-state index in [1.807, 2.05) is 31.3 Å². The summed E-state index contributed by atoms with van der Waals surface area (Å²) in [5.74, 6) is 0. The molecule has 0 radical (unpaired) electrons. The SMILES string of the molecule is CN(CCc1ccncc1)c1ccnc(C#N)c1. The summed E-state index contributed by atoms with van der Waals surface area (Å²) in [6, 6.07) is 9.79. The Morgan fingerprint density at radius 3 is 2.72 bits per heavy atom. The third kappa shape index (κ3) is 3.05. The highest BCUT2D eigenvalue weighted by atomic mass is 15.1. The number of hydrogen-bond donors (Lipinski definition) is 0. The number of hydrogen-bond acceptors (Lipinski definition) is 4. The van der Waals surface area contributed by atoms with Crippen LogP contribution in [-0.2, 0) is 6.42 Å². The smallest absolute Gasteiger partial charge is 0.142 e. The van der Waals surface area contributed by atoms with Gasteiger partial charge in [-0.25, -0.2) is 4.98 Å². The summed E-state index contributed by atoms with van der Waals surface area (Å²) in [6.45, 7) is 0.888. The molecular weight excluding hydrogens is 224 g/mol. The van der Waals surface area contributed by atoms with E-state index in [1.54, 1.807) is 24.7 Å². The highest BCUT2D eigenvalue weighted by molar-refractivity contribution is 5.48. The highest BCUT2D eigenvalue weighted by Crippen LogP contribution is 2.13. The van der Waals surface area contributed by atoms with Crippen LogP contribution in [0.2, 0.25) is 0 Å². The predicted molar refractivity (Wildman–Crippen MR) is 70.2 cm³/mol. The van der Waals surface area contributed by atoms with Crippen molar-refractivity contribution in [3.63, 3.8) is 0 Å². The largest absolute Gasteiger partial charge is 0.374 e. The first-order valence-corrected chi connectivity index (χ1v) is 5.76. The quantitative estimate of drug-likeness (QED) is 0.817. The van der Waals surface area contributed by atoms with Gasteiger partial charge in [-0.05, 0) is 36.2 Å². The topological polar surface area (TPSA) is 52.8 Å². The summed E-state index contributed by atoms with van der Waals surface area (Å²) < 4.78 is 0. The van der Waals surface area contributed by atoms with Gasteiger partial charge in [0.05, 0.1) is 0 Å².